The summed E-state index contributed by atoms with van der Waals surface area (Å²) < 4.78 is 39.0. The van der Waals surface area contributed by atoms with E-state index in [0.29, 0.717) is 0 Å². The van der Waals surface area contributed by atoms with Crippen LogP contribution >= 0.6 is 11.6 Å². The van der Waals surface area contributed by atoms with Gasteiger partial charge in [-0.25, -0.2) is 9.18 Å². The van der Waals surface area contributed by atoms with E-state index in [-0.39, 0.29) is 46.8 Å². The first-order valence-corrected chi connectivity index (χ1v) is 5.68. The fourth-order valence-corrected chi connectivity index (χ4v) is 1.68. The van der Waals surface area contributed by atoms with Crippen LogP contribution in [0.2, 0.25) is 5.02 Å². The maximum Gasteiger partial charge on any atom is 1.00 e. The zero-order valence-corrected chi connectivity index (χ0v) is 12.7. The van der Waals surface area contributed by atoms with Crippen molar-refractivity contribution < 1.29 is 52.2 Å². The first-order chi connectivity index (χ1) is 7.47. The van der Waals surface area contributed by atoms with Crippen molar-refractivity contribution in [3.05, 3.63) is 28.5 Å². The van der Waals surface area contributed by atoms with Gasteiger partial charge >= 0.3 is 35.5 Å². The second kappa shape index (κ2) is 7.45. The van der Waals surface area contributed by atoms with E-state index < -0.39 is 27.8 Å². The molecule has 17 heavy (non-hydrogen) atoms. The molecule has 0 fully saturated rings. The van der Waals surface area contributed by atoms with Gasteiger partial charge in [0, 0.05) is 0 Å². The second-order valence-corrected chi connectivity index (χ2v) is 4.03. The van der Waals surface area contributed by atoms with E-state index in [9.17, 15) is 17.9 Å². The van der Waals surface area contributed by atoms with Gasteiger partial charge in [0.05, 0.1) is 22.1 Å². The summed E-state index contributed by atoms with van der Waals surface area (Å²) in [6, 6.07) is 1.61. The molecule has 1 aromatic carbocycles. The molecule has 0 N–H and O–H groups in total. The van der Waals surface area contributed by atoms with Gasteiger partial charge in [-0.1, -0.05) is 11.6 Å². The van der Waals surface area contributed by atoms with Gasteiger partial charge in [-0.3, -0.25) is 4.21 Å². The zero-order valence-electron chi connectivity index (χ0n) is 9.16. The number of esters is 1. The average molecular weight is 289 g/mol. The summed E-state index contributed by atoms with van der Waals surface area (Å²) in [6.45, 7) is 1.70. The minimum Gasteiger partial charge on any atom is -0.768 e. The third-order valence-electron chi connectivity index (χ3n) is 1.70. The molecule has 0 aliphatic heterocycles. The van der Waals surface area contributed by atoms with Crippen molar-refractivity contribution in [3.8, 4) is 0 Å². The van der Waals surface area contributed by atoms with Crippen LogP contribution in [0.1, 0.15) is 17.3 Å². The SMILES string of the molecule is CCOC(=O)c1cc(S(=O)[O-])c(F)cc1Cl.[Na+]. The summed E-state index contributed by atoms with van der Waals surface area (Å²) in [7, 11) is 0. The molecule has 1 atom stereocenters. The van der Waals surface area contributed by atoms with Gasteiger partial charge in [0.25, 0.3) is 0 Å². The third-order valence-corrected chi connectivity index (χ3v) is 2.68. The number of rotatable bonds is 3. The maximum atomic E-state index is 13.1. The third kappa shape index (κ3) is 4.31. The molecule has 1 rings (SSSR count). The number of ether oxygens (including phenoxy) is 1. The molecule has 1 aromatic rings. The molecular weight excluding hydrogens is 282 g/mol. The quantitative estimate of drug-likeness (QED) is 0.402. The fraction of sp³-hybridized carbons (Fsp3) is 0.222. The Morgan fingerprint density at radius 2 is 2.18 bits per heavy atom. The van der Waals surface area contributed by atoms with Gasteiger partial charge in [-0.05, 0) is 30.1 Å². The molecule has 1 unspecified atom stereocenters. The normalized spacial score (nSPS) is 11.5. The van der Waals surface area contributed by atoms with Crippen LogP contribution < -0.4 is 29.6 Å². The summed E-state index contributed by atoms with van der Waals surface area (Å²) in [6.07, 6.45) is 0. The molecule has 0 spiro atoms. The van der Waals surface area contributed by atoms with E-state index in [1.807, 2.05) is 0 Å². The Morgan fingerprint density at radius 3 is 2.65 bits per heavy atom. The molecule has 88 valence electrons. The van der Waals surface area contributed by atoms with Crippen LogP contribution in [0.25, 0.3) is 0 Å². The monoisotopic (exact) mass is 288 g/mol. The minimum absolute atomic E-state index is 0. The molecule has 0 radical (unpaired) electrons. The first-order valence-electron chi connectivity index (χ1n) is 4.22. The molecule has 0 bridgehead atoms. The van der Waals surface area contributed by atoms with Gasteiger partial charge in [-0.2, -0.15) is 0 Å². The molecule has 0 saturated carbocycles. The Balaban J connectivity index is 0.00000256. The Labute approximate surface area is 127 Å². The van der Waals surface area contributed by atoms with Gasteiger partial charge < -0.3 is 9.29 Å². The van der Waals surface area contributed by atoms with Gasteiger partial charge in [0.2, 0.25) is 0 Å². The Morgan fingerprint density at radius 1 is 1.59 bits per heavy atom. The van der Waals surface area contributed by atoms with Crippen molar-refractivity contribution >= 4 is 28.7 Å². The van der Waals surface area contributed by atoms with Crippen molar-refractivity contribution in [2.24, 2.45) is 0 Å². The fourth-order valence-electron chi connectivity index (χ4n) is 1.02. The van der Waals surface area contributed by atoms with Crippen LogP contribution in [-0.4, -0.2) is 21.3 Å². The summed E-state index contributed by atoms with van der Waals surface area (Å²) in [5.74, 6) is -1.80. The number of benzene rings is 1. The molecular formula is C9H7ClFNaO4S. The van der Waals surface area contributed by atoms with E-state index in [0.717, 1.165) is 12.1 Å². The standard InChI is InChI=1S/C9H8ClFO4S.Na/c1-2-15-9(12)5-3-8(16(13)14)7(11)4-6(5)10;/h3-4H,2H2,1H3,(H,13,14);/q;+1/p-1. The molecule has 8 heteroatoms. The predicted molar refractivity (Wildman–Crippen MR) is 54.6 cm³/mol. The van der Waals surface area contributed by atoms with E-state index in [1.54, 1.807) is 6.92 Å². The maximum absolute atomic E-state index is 13.1. The van der Waals surface area contributed by atoms with Crippen molar-refractivity contribution in [3.63, 3.8) is 0 Å². The zero-order chi connectivity index (χ0) is 12.3. The van der Waals surface area contributed by atoms with E-state index in [2.05, 4.69) is 4.74 Å². The summed E-state index contributed by atoms with van der Waals surface area (Å²) >= 11 is 2.82. The number of halogens is 2. The smallest absolute Gasteiger partial charge is 0.768 e. The topological polar surface area (TPSA) is 66.4 Å². The van der Waals surface area contributed by atoms with Crippen molar-refractivity contribution in [1.82, 2.24) is 0 Å². The van der Waals surface area contributed by atoms with Gasteiger partial charge in [0.1, 0.15) is 5.82 Å². The molecule has 0 aromatic heterocycles. The van der Waals surface area contributed by atoms with Crippen molar-refractivity contribution in [2.45, 2.75) is 11.8 Å². The Bertz CT molecular complexity index is 455. The summed E-state index contributed by atoms with van der Waals surface area (Å²) in [5, 5.41) is -0.190. The average Bonchev–Trinajstić information content (AvgIpc) is 2.17. The number of hydrogen-bond acceptors (Lipinski definition) is 4. The second-order valence-electron chi connectivity index (χ2n) is 2.72. The van der Waals surface area contributed by atoms with Crippen LogP contribution in [-0.2, 0) is 15.8 Å². The van der Waals surface area contributed by atoms with Crippen LogP contribution in [0.5, 0.6) is 0 Å². The largest absolute Gasteiger partial charge is 1.00 e. The van der Waals surface area contributed by atoms with Crippen LogP contribution in [0.3, 0.4) is 0 Å². The van der Waals surface area contributed by atoms with Crippen molar-refractivity contribution in [2.75, 3.05) is 6.61 Å². The summed E-state index contributed by atoms with van der Waals surface area (Å²) in [4.78, 5) is 10.7. The van der Waals surface area contributed by atoms with Crippen LogP contribution in [0.15, 0.2) is 17.0 Å². The molecule has 0 amide bonds. The molecule has 4 nitrogen and oxygen atoms in total. The van der Waals surface area contributed by atoms with E-state index in [4.69, 9.17) is 11.6 Å². The van der Waals surface area contributed by atoms with Crippen LogP contribution in [0, 0.1) is 5.82 Å². The summed E-state index contributed by atoms with van der Waals surface area (Å²) in [5.41, 5.74) is -0.177. The first kappa shape index (κ1) is 17.0. The van der Waals surface area contributed by atoms with Crippen molar-refractivity contribution in [1.29, 1.82) is 0 Å². The number of carbonyl (C=O) groups excluding carboxylic acids is 1. The van der Waals surface area contributed by atoms with E-state index >= 15 is 0 Å². The minimum atomic E-state index is -2.77. The van der Waals surface area contributed by atoms with Gasteiger partial charge in [0.15, 0.2) is 0 Å². The number of carbonyl (C=O) groups is 1. The number of hydrogen-bond donors (Lipinski definition) is 0. The Kier molecular flexibility index (Phi) is 7.46. The predicted octanol–water partition coefficient (Wildman–Crippen LogP) is -1.10. The molecule has 0 saturated heterocycles. The van der Waals surface area contributed by atoms with E-state index in [1.165, 1.54) is 0 Å². The van der Waals surface area contributed by atoms with Gasteiger partial charge in [-0.15, -0.1) is 0 Å². The molecule has 0 aliphatic rings. The molecule has 0 heterocycles. The van der Waals surface area contributed by atoms with Crippen LogP contribution in [0.4, 0.5) is 4.39 Å². The molecule has 0 aliphatic carbocycles. The Hall–Kier alpha value is 0.0200.